The lowest BCUT2D eigenvalue weighted by atomic mass is 10.1. The van der Waals surface area contributed by atoms with Crippen LogP contribution in [0.15, 0.2) is 18.2 Å². The van der Waals surface area contributed by atoms with Crippen molar-refractivity contribution in [3.05, 3.63) is 34.3 Å². The van der Waals surface area contributed by atoms with Gasteiger partial charge in [-0.15, -0.1) is 0 Å². The van der Waals surface area contributed by atoms with E-state index in [0.29, 0.717) is 11.3 Å². The highest BCUT2D eigenvalue weighted by molar-refractivity contribution is 5.55. The van der Waals surface area contributed by atoms with E-state index in [-0.39, 0.29) is 0 Å². The lowest BCUT2D eigenvalue weighted by Gasteiger charge is -1.85. The van der Waals surface area contributed by atoms with E-state index in [4.69, 9.17) is 10.7 Å². The van der Waals surface area contributed by atoms with E-state index in [0.717, 1.165) is 5.56 Å². The molecule has 0 amide bonds. The molecule has 0 saturated carbocycles. The van der Waals surface area contributed by atoms with Crippen LogP contribution >= 0.6 is 0 Å². The second kappa shape index (κ2) is 2.81. The third-order valence-corrected chi connectivity index (χ3v) is 1.45. The van der Waals surface area contributed by atoms with E-state index < -0.39 is 0 Å². The molecule has 1 rings (SSSR count). The maximum atomic E-state index is 8.48. The second-order valence-electron chi connectivity index (χ2n) is 2.21. The van der Waals surface area contributed by atoms with Crippen LogP contribution in [-0.4, -0.2) is 0 Å². The predicted molar refractivity (Wildman–Crippen MR) is 40.6 cm³/mol. The van der Waals surface area contributed by atoms with Crippen molar-refractivity contribution in [2.75, 3.05) is 0 Å². The quantitative estimate of drug-likeness (QED) is 0.525. The molecule has 0 aromatic heterocycles. The Morgan fingerprint density at radius 1 is 1.45 bits per heavy atom. The number of aryl methyl sites for hydroxylation is 1. The Labute approximate surface area is 64.5 Å². The summed E-state index contributed by atoms with van der Waals surface area (Å²) in [6.45, 7) is 1.82. The fourth-order valence-corrected chi connectivity index (χ4v) is 0.787. The normalized spacial score (nSPS) is 8.27. The van der Waals surface area contributed by atoms with Crippen LogP contribution in [-0.2, 0) is 0 Å². The predicted octanol–water partition coefficient (Wildman–Crippen LogP) is 2.35. The van der Waals surface area contributed by atoms with Gasteiger partial charge in [0, 0.05) is 5.56 Å². The zero-order valence-corrected chi connectivity index (χ0v) is 6.07. The average Bonchev–Trinajstić information content (AvgIpc) is 2.05. The van der Waals surface area contributed by atoms with Gasteiger partial charge >= 0.3 is 5.69 Å². The fourth-order valence-electron chi connectivity index (χ4n) is 0.787. The van der Waals surface area contributed by atoms with Gasteiger partial charge in [0.05, 0.1) is 17.7 Å². The van der Waals surface area contributed by atoms with Crippen molar-refractivity contribution in [2.24, 2.45) is 0 Å². The van der Waals surface area contributed by atoms with Crippen LogP contribution in [0.1, 0.15) is 11.1 Å². The average molecular weight is 144 g/mol. The molecule has 3 nitrogen and oxygen atoms in total. The molecule has 0 fully saturated rings. The molecule has 0 spiro atoms. The highest BCUT2D eigenvalue weighted by atomic mass is 14.8. The number of nitrogens with zero attached hydrogens (tertiary/aromatic N) is 3. The highest BCUT2D eigenvalue weighted by Crippen LogP contribution is 2.18. The monoisotopic (exact) mass is 144 g/mol. The summed E-state index contributed by atoms with van der Waals surface area (Å²) in [5.74, 6) is 0. The second-order valence-corrected chi connectivity index (χ2v) is 2.21. The minimum Gasteiger partial charge on any atom is -0.192 e. The molecule has 0 aliphatic carbocycles. The van der Waals surface area contributed by atoms with Crippen LogP contribution in [0.4, 0.5) is 5.69 Å². The third-order valence-electron chi connectivity index (χ3n) is 1.45. The molecule has 1 aromatic carbocycles. The first-order valence-corrected chi connectivity index (χ1v) is 3.14. The van der Waals surface area contributed by atoms with Crippen molar-refractivity contribution < 1.29 is 0 Å². The molecule has 0 bridgehead atoms. The third kappa shape index (κ3) is 1.33. The number of nitriles is 1. The van der Waals surface area contributed by atoms with Gasteiger partial charge in [-0.25, -0.2) is 0 Å². The molecular weight excluding hydrogens is 138 g/mol. The SMILES string of the molecule is Cc1ccc(C#N)cc1[N+]#N. The summed E-state index contributed by atoms with van der Waals surface area (Å²) in [5, 5.41) is 16.9. The molecule has 0 saturated heterocycles. The smallest absolute Gasteiger partial charge is 0.192 e. The molecule has 0 aliphatic heterocycles. The first-order valence-electron chi connectivity index (χ1n) is 3.14. The molecule has 0 aliphatic rings. The maximum Gasteiger partial charge on any atom is 0.389 e. The van der Waals surface area contributed by atoms with Crippen LogP contribution in [0.3, 0.4) is 0 Å². The lowest BCUT2D eigenvalue weighted by molar-refractivity contribution is 1.39. The van der Waals surface area contributed by atoms with Gasteiger partial charge in [0.1, 0.15) is 0 Å². The van der Waals surface area contributed by atoms with Gasteiger partial charge in [0.25, 0.3) is 0 Å². The Hall–Kier alpha value is -1.87. The largest absolute Gasteiger partial charge is 0.389 e. The fraction of sp³-hybridized carbons (Fsp3) is 0.125. The Balaban J connectivity index is 3.29. The summed E-state index contributed by atoms with van der Waals surface area (Å²) >= 11 is 0. The van der Waals surface area contributed by atoms with Gasteiger partial charge in [0.15, 0.2) is 4.98 Å². The van der Waals surface area contributed by atoms with E-state index in [1.807, 2.05) is 13.0 Å². The van der Waals surface area contributed by atoms with Gasteiger partial charge in [-0.2, -0.15) is 5.26 Å². The van der Waals surface area contributed by atoms with E-state index in [1.54, 1.807) is 12.1 Å². The van der Waals surface area contributed by atoms with Crippen molar-refractivity contribution in [1.82, 2.24) is 0 Å². The first-order chi connectivity index (χ1) is 5.27. The van der Waals surface area contributed by atoms with Crippen LogP contribution in [0, 0.1) is 23.6 Å². The van der Waals surface area contributed by atoms with E-state index in [9.17, 15) is 0 Å². The summed E-state index contributed by atoms with van der Waals surface area (Å²) in [6.07, 6.45) is 0. The molecule has 52 valence electrons. The zero-order valence-electron chi connectivity index (χ0n) is 6.07. The molecular formula is C8H6N3+. The Bertz CT molecular complexity index is 355. The van der Waals surface area contributed by atoms with Crippen molar-refractivity contribution >= 4 is 5.69 Å². The molecule has 0 atom stereocenters. The van der Waals surface area contributed by atoms with Gasteiger partial charge < -0.3 is 0 Å². The van der Waals surface area contributed by atoms with Crippen molar-refractivity contribution in [1.29, 1.82) is 10.7 Å². The first kappa shape index (κ1) is 7.24. The standard InChI is InChI=1S/C8H6N3/c1-6-2-3-7(5-9)4-8(6)11-10/h2-4H,1H3/q+1. The number of hydrogen-bond donors (Lipinski definition) is 0. The zero-order chi connectivity index (χ0) is 8.27. The molecule has 1 aromatic rings. The lowest BCUT2D eigenvalue weighted by Crippen LogP contribution is -1.75. The van der Waals surface area contributed by atoms with Crippen LogP contribution in [0.2, 0.25) is 0 Å². The Morgan fingerprint density at radius 2 is 2.18 bits per heavy atom. The van der Waals surface area contributed by atoms with Gasteiger partial charge in [-0.1, -0.05) is 0 Å². The summed E-state index contributed by atoms with van der Waals surface area (Å²) in [4.78, 5) is 3.03. The topological polar surface area (TPSA) is 51.9 Å². The van der Waals surface area contributed by atoms with Crippen LogP contribution in [0.25, 0.3) is 4.98 Å². The summed E-state index contributed by atoms with van der Waals surface area (Å²) in [5.41, 5.74) is 1.80. The van der Waals surface area contributed by atoms with Crippen molar-refractivity contribution in [3.63, 3.8) is 0 Å². The number of hydrogen-bond acceptors (Lipinski definition) is 2. The van der Waals surface area contributed by atoms with E-state index in [1.165, 1.54) is 6.07 Å². The van der Waals surface area contributed by atoms with Gasteiger partial charge in [-0.05, 0) is 19.1 Å². The molecule has 0 N–H and O–H groups in total. The van der Waals surface area contributed by atoms with E-state index in [2.05, 4.69) is 4.98 Å². The molecule has 11 heavy (non-hydrogen) atoms. The molecule has 0 unspecified atom stereocenters. The summed E-state index contributed by atoms with van der Waals surface area (Å²) < 4.78 is 0. The van der Waals surface area contributed by atoms with Crippen LogP contribution in [0.5, 0.6) is 0 Å². The van der Waals surface area contributed by atoms with Crippen molar-refractivity contribution in [3.8, 4) is 6.07 Å². The Morgan fingerprint density at radius 3 is 2.73 bits per heavy atom. The molecule has 0 radical (unpaired) electrons. The van der Waals surface area contributed by atoms with E-state index >= 15 is 0 Å². The molecule has 3 heteroatoms. The maximum absolute atomic E-state index is 8.48. The summed E-state index contributed by atoms with van der Waals surface area (Å²) in [6, 6.07) is 6.92. The van der Waals surface area contributed by atoms with Crippen LogP contribution < -0.4 is 0 Å². The minimum absolute atomic E-state index is 0.448. The van der Waals surface area contributed by atoms with Gasteiger partial charge in [-0.3, -0.25) is 0 Å². The number of rotatable bonds is 0. The number of diazo groups is 1. The van der Waals surface area contributed by atoms with Crippen molar-refractivity contribution in [2.45, 2.75) is 6.92 Å². The van der Waals surface area contributed by atoms with Gasteiger partial charge in [0.2, 0.25) is 5.39 Å². The Kier molecular flexibility index (Phi) is 1.85. The highest BCUT2D eigenvalue weighted by Gasteiger charge is 2.09. The minimum atomic E-state index is 0.448. The summed E-state index contributed by atoms with van der Waals surface area (Å²) in [7, 11) is 0. The molecule has 0 heterocycles. The number of benzene rings is 1.